The van der Waals surface area contributed by atoms with E-state index < -0.39 is 5.41 Å². The number of nitrogens with zero attached hydrogens (tertiary/aromatic N) is 5. The van der Waals surface area contributed by atoms with Gasteiger partial charge in [0.05, 0.1) is 44.2 Å². The summed E-state index contributed by atoms with van der Waals surface area (Å²) in [5.74, 6) is 1.93. The molecule has 0 N–H and O–H groups in total. The van der Waals surface area contributed by atoms with Crippen LogP contribution in [0.3, 0.4) is 0 Å². The SMILES string of the molecule is Cn1c(-c2ccc3c(c2)C2(c4cc(-c5nc6ccccc6n5C)ccc4-3)c3ccccc3-n3c4ccccc4c4cccc2c43)nc2ccccc21. The number of hydrogen-bond donors (Lipinski definition) is 0. The van der Waals surface area contributed by atoms with Gasteiger partial charge in [-0.3, -0.25) is 0 Å². The van der Waals surface area contributed by atoms with Gasteiger partial charge in [0.2, 0.25) is 0 Å². The first-order chi connectivity index (χ1) is 25.6. The minimum Gasteiger partial charge on any atom is -0.327 e. The molecule has 0 atom stereocenters. The van der Waals surface area contributed by atoms with Crippen LogP contribution in [-0.4, -0.2) is 23.7 Å². The Morgan fingerprint density at radius 2 is 0.962 bits per heavy atom. The summed E-state index contributed by atoms with van der Waals surface area (Å²) >= 11 is 0. The first kappa shape index (κ1) is 28.0. The fraction of sp³-hybridized carbons (Fsp3) is 0.0638. The molecular formula is C47H31N5. The van der Waals surface area contributed by atoms with Crippen molar-refractivity contribution in [3.63, 3.8) is 0 Å². The molecule has 52 heavy (non-hydrogen) atoms. The molecule has 12 rings (SSSR count). The number of aromatic nitrogens is 5. The zero-order valence-corrected chi connectivity index (χ0v) is 28.7. The van der Waals surface area contributed by atoms with Crippen LogP contribution in [0.25, 0.3) is 83.5 Å². The van der Waals surface area contributed by atoms with E-state index in [1.807, 2.05) is 0 Å². The van der Waals surface area contributed by atoms with E-state index in [2.05, 4.69) is 179 Å². The summed E-state index contributed by atoms with van der Waals surface area (Å²) in [6.07, 6.45) is 0. The van der Waals surface area contributed by atoms with Gasteiger partial charge in [0.1, 0.15) is 11.6 Å². The summed E-state index contributed by atoms with van der Waals surface area (Å²) in [6.45, 7) is 0. The van der Waals surface area contributed by atoms with Gasteiger partial charge >= 0.3 is 0 Å². The smallest absolute Gasteiger partial charge is 0.140 e. The third-order valence-electron chi connectivity index (χ3n) is 11.9. The Labute approximate surface area is 299 Å². The van der Waals surface area contributed by atoms with Gasteiger partial charge in [0.25, 0.3) is 0 Å². The van der Waals surface area contributed by atoms with E-state index in [1.54, 1.807) is 0 Å². The highest BCUT2D eigenvalue weighted by molar-refractivity contribution is 6.13. The Hall–Kier alpha value is -6.72. The Balaban J connectivity index is 1.23. The molecule has 1 aliphatic heterocycles. The molecule has 0 fully saturated rings. The average Bonchev–Trinajstić information content (AvgIpc) is 3.91. The second-order valence-electron chi connectivity index (χ2n) is 14.3. The molecule has 0 bridgehead atoms. The first-order valence-corrected chi connectivity index (χ1v) is 17.9. The normalized spacial score (nSPS) is 13.7. The second kappa shape index (κ2) is 9.74. The summed E-state index contributed by atoms with van der Waals surface area (Å²) in [5.41, 5.74) is 17.2. The van der Waals surface area contributed by atoms with Gasteiger partial charge in [0.15, 0.2) is 0 Å². The van der Waals surface area contributed by atoms with Crippen LogP contribution in [0.2, 0.25) is 0 Å². The lowest BCUT2D eigenvalue weighted by molar-refractivity contribution is 0.748. The van der Waals surface area contributed by atoms with Crippen LogP contribution in [-0.2, 0) is 19.5 Å². The molecule has 0 saturated carbocycles. The highest BCUT2D eigenvalue weighted by Gasteiger charge is 2.51. The van der Waals surface area contributed by atoms with Crippen LogP contribution in [0.1, 0.15) is 22.3 Å². The van der Waals surface area contributed by atoms with Crippen LogP contribution in [0.4, 0.5) is 0 Å². The molecule has 0 radical (unpaired) electrons. The monoisotopic (exact) mass is 665 g/mol. The van der Waals surface area contributed by atoms with Gasteiger partial charge < -0.3 is 13.7 Å². The number of imidazole rings is 2. The lowest BCUT2D eigenvalue weighted by Gasteiger charge is -2.39. The lowest BCUT2D eigenvalue weighted by Crippen LogP contribution is -2.33. The maximum absolute atomic E-state index is 5.17. The van der Waals surface area contributed by atoms with E-state index in [0.29, 0.717) is 0 Å². The minimum absolute atomic E-state index is 0.591. The Kier molecular flexibility index (Phi) is 5.25. The van der Waals surface area contributed by atoms with Crippen LogP contribution >= 0.6 is 0 Å². The van der Waals surface area contributed by atoms with E-state index in [1.165, 1.54) is 60.9 Å². The van der Waals surface area contributed by atoms with E-state index in [-0.39, 0.29) is 0 Å². The van der Waals surface area contributed by atoms with E-state index in [4.69, 9.17) is 9.97 Å². The molecule has 10 aromatic rings. The molecule has 7 aromatic carbocycles. The van der Waals surface area contributed by atoms with Crippen molar-refractivity contribution in [2.75, 3.05) is 0 Å². The molecule has 5 nitrogen and oxygen atoms in total. The van der Waals surface area contributed by atoms with Gasteiger partial charge in [-0.05, 0) is 81.9 Å². The van der Waals surface area contributed by atoms with Crippen molar-refractivity contribution in [2.24, 2.45) is 14.1 Å². The summed E-state index contributed by atoms with van der Waals surface area (Å²) in [6, 6.07) is 55.7. The van der Waals surface area contributed by atoms with Crippen LogP contribution in [0.5, 0.6) is 0 Å². The largest absolute Gasteiger partial charge is 0.327 e. The maximum atomic E-state index is 5.17. The summed E-state index contributed by atoms with van der Waals surface area (Å²) < 4.78 is 6.95. The molecule has 5 heteroatoms. The molecular weight excluding hydrogens is 635 g/mol. The number of rotatable bonds is 2. The van der Waals surface area contributed by atoms with Crippen LogP contribution in [0, 0.1) is 0 Å². The fourth-order valence-electron chi connectivity index (χ4n) is 9.69. The van der Waals surface area contributed by atoms with Gasteiger partial charge in [-0.2, -0.15) is 0 Å². The summed E-state index contributed by atoms with van der Waals surface area (Å²) in [4.78, 5) is 10.3. The zero-order valence-electron chi connectivity index (χ0n) is 28.7. The molecule has 244 valence electrons. The zero-order chi connectivity index (χ0) is 34.3. The van der Waals surface area contributed by atoms with Crippen molar-refractivity contribution in [1.29, 1.82) is 0 Å². The van der Waals surface area contributed by atoms with Gasteiger partial charge in [0, 0.05) is 36.0 Å². The average molecular weight is 666 g/mol. The van der Waals surface area contributed by atoms with Crippen molar-refractivity contribution in [1.82, 2.24) is 23.7 Å². The number of aryl methyl sites for hydroxylation is 2. The Morgan fingerprint density at radius 1 is 0.442 bits per heavy atom. The van der Waals surface area contributed by atoms with Gasteiger partial charge in [-0.25, -0.2) is 9.97 Å². The minimum atomic E-state index is -0.591. The van der Waals surface area contributed by atoms with E-state index in [9.17, 15) is 0 Å². The predicted molar refractivity (Wildman–Crippen MR) is 211 cm³/mol. The lowest BCUT2D eigenvalue weighted by atomic mass is 9.65. The van der Waals surface area contributed by atoms with E-state index >= 15 is 0 Å². The molecule has 4 heterocycles. The van der Waals surface area contributed by atoms with Crippen molar-refractivity contribution >= 4 is 43.9 Å². The molecule has 0 unspecified atom stereocenters. The molecule has 3 aromatic heterocycles. The number of hydrogen-bond acceptors (Lipinski definition) is 2. The second-order valence-corrected chi connectivity index (χ2v) is 14.3. The van der Waals surface area contributed by atoms with Crippen molar-refractivity contribution in [3.05, 3.63) is 174 Å². The third kappa shape index (κ3) is 3.29. The molecule has 1 aliphatic carbocycles. The Bertz CT molecular complexity index is 3040. The summed E-state index contributed by atoms with van der Waals surface area (Å²) in [5, 5.41) is 2.54. The van der Waals surface area contributed by atoms with Gasteiger partial charge in [-0.15, -0.1) is 0 Å². The predicted octanol–water partition coefficient (Wildman–Crippen LogP) is 10.6. The van der Waals surface area contributed by atoms with Crippen molar-refractivity contribution < 1.29 is 0 Å². The molecule has 0 saturated heterocycles. The highest BCUT2D eigenvalue weighted by atomic mass is 15.1. The van der Waals surface area contributed by atoms with Crippen molar-refractivity contribution in [2.45, 2.75) is 5.41 Å². The molecule has 1 spiro atoms. The summed E-state index contributed by atoms with van der Waals surface area (Å²) in [7, 11) is 4.25. The van der Waals surface area contributed by atoms with Gasteiger partial charge in [-0.1, -0.05) is 103 Å². The van der Waals surface area contributed by atoms with Crippen LogP contribution in [0.15, 0.2) is 152 Å². The quantitative estimate of drug-likeness (QED) is 0.184. The van der Waals surface area contributed by atoms with Crippen molar-refractivity contribution in [3.8, 4) is 39.6 Å². The molecule has 0 amide bonds. The Morgan fingerprint density at radius 3 is 1.60 bits per heavy atom. The maximum Gasteiger partial charge on any atom is 0.140 e. The van der Waals surface area contributed by atoms with E-state index in [0.717, 1.165) is 44.8 Å². The first-order valence-electron chi connectivity index (χ1n) is 17.9. The number of para-hydroxylation sites is 7. The third-order valence-corrected chi connectivity index (χ3v) is 11.9. The fourth-order valence-corrected chi connectivity index (χ4v) is 9.69. The standard InChI is InChI=1S/C47H31N5/c1-50-42-20-9-5-16-38(42)48-45(50)28-22-24-30-31-25-23-29(46-49-39-17-6-10-21-43(39)51(46)2)27-37(31)47(36(30)26-28)34-14-4-8-19-41(34)52-40-18-7-3-12-32(40)33-13-11-15-35(47)44(33)52/h3-27H,1-2H3. The molecule has 2 aliphatic rings. The highest BCUT2D eigenvalue weighted by Crippen LogP contribution is 2.61. The topological polar surface area (TPSA) is 40.6 Å². The number of benzene rings is 7. The van der Waals surface area contributed by atoms with Crippen LogP contribution < -0.4 is 0 Å². The number of fused-ring (bicyclic) bond motifs is 14.